The van der Waals surface area contributed by atoms with Crippen molar-refractivity contribution in [1.82, 2.24) is 15.5 Å². The van der Waals surface area contributed by atoms with Crippen LogP contribution in [0.15, 0.2) is 0 Å². The van der Waals surface area contributed by atoms with Crippen molar-refractivity contribution < 1.29 is 43.2 Å². The summed E-state index contributed by atoms with van der Waals surface area (Å²) in [4.78, 5) is 50.5. The number of aliphatic hydroxyl groups is 1. The molecule has 0 aromatic heterocycles. The maximum atomic E-state index is 12.3. The van der Waals surface area contributed by atoms with Crippen LogP contribution in [-0.2, 0) is 38.1 Å². The first-order chi connectivity index (χ1) is 24.7. The summed E-state index contributed by atoms with van der Waals surface area (Å²) in [5.41, 5.74) is 11.1. The van der Waals surface area contributed by atoms with E-state index in [2.05, 4.69) is 24.5 Å². The number of esters is 4. The van der Waals surface area contributed by atoms with Crippen molar-refractivity contribution in [3.05, 3.63) is 0 Å². The number of nitrogens with one attached hydrogen (secondary N) is 2. The van der Waals surface area contributed by atoms with Gasteiger partial charge in [0.05, 0.1) is 52.1 Å². The van der Waals surface area contributed by atoms with Crippen LogP contribution in [0.4, 0.5) is 0 Å². The van der Waals surface area contributed by atoms with Gasteiger partial charge >= 0.3 is 23.9 Å². The monoisotopic (exact) mass is 732 g/mol. The largest absolute Gasteiger partial charge is 0.466 e. The van der Waals surface area contributed by atoms with E-state index in [1.165, 1.54) is 0 Å². The van der Waals surface area contributed by atoms with Crippen molar-refractivity contribution in [2.45, 2.75) is 110 Å². The fourth-order valence-electron chi connectivity index (χ4n) is 5.11. The van der Waals surface area contributed by atoms with Crippen LogP contribution in [0.5, 0.6) is 0 Å². The van der Waals surface area contributed by atoms with Crippen LogP contribution in [0, 0.1) is 11.8 Å². The Morgan fingerprint density at radius 1 is 0.549 bits per heavy atom. The molecule has 0 aromatic carbocycles. The number of nitrogens with zero attached hydrogens (tertiary/aromatic N) is 1. The maximum Gasteiger partial charge on any atom is 0.307 e. The topological polar surface area (TPSA) is 205 Å². The molecule has 0 bridgehead atoms. The number of carbonyl (C=O) groups excluding carboxylic acids is 4. The number of hydrogen-bond acceptors (Lipinski definition) is 14. The van der Waals surface area contributed by atoms with Gasteiger partial charge in [0, 0.05) is 32.8 Å². The average molecular weight is 732 g/mol. The van der Waals surface area contributed by atoms with E-state index >= 15 is 0 Å². The van der Waals surface area contributed by atoms with Crippen LogP contribution in [0.3, 0.4) is 0 Å². The molecule has 300 valence electrons. The lowest BCUT2D eigenvalue weighted by Crippen LogP contribution is -2.30. The van der Waals surface area contributed by atoms with Gasteiger partial charge in [0.15, 0.2) is 0 Å². The molecule has 0 spiro atoms. The number of nitrogens with two attached hydrogens (primary N) is 2. The van der Waals surface area contributed by atoms with Crippen molar-refractivity contribution in [1.29, 1.82) is 0 Å². The van der Waals surface area contributed by atoms with E-state index in [1.54, 1.807) is 0 Å². The van der Waals surface area contributed by atoms with Gasteiger partial charge in [-0.05, 0) is 115 Å². The van der Waals surface area contributed by atoms with Crippen molar-refractivity contribution in [3.8, 4) is 0 Å². The summed E-state index contributed by atoms with van der Waals surface area (Å²) in [7, 11) is 0. The Balaban J connectivity index is 4.05. The molecule has 14 nitrogen and oxygen atoms in total. The van der Waals surface area contributed by atoms with Crippen LogP contribution in [-0.4, -0.2) is 126 Å². The Morgan fingerprint density at radius 3 is 1.31 bits per heavy atom. The molecular weight excluding hydrogens is 658 g/mol. The third-order valence-electron chi connectivity index (χ3n) is 8.33. The highest BCUT2D eigenvalue weighted by Crippen LogP contribution is 2.06. The summed E-state index contributed by atoms with van der Waals surface area (Å²) >= 11 is 0. The van der Waals surface area contributed by atoms with Crippen molar-refractivity contribution in [3.63, 3.8) is 0 Å². The second-order valence-corrected chi connectivity index (χ2v) is 13.4. The van der Waals surface area contributed by atoms with E-state index in [1.807, 2.05) is 4.90 Å². The second-order valence-electron chi connectivity index (χ2n) is 13.4. The fourth-order valence-corrected chi connectivity index (χ4v) is 5.11. The van der Waals surface area contributed by atoms with Crippen molar-refractivity contribution >= 4 is 23.9 Å². The molecule has 51 heavy (non-hydrogen) atoms. The molecule has 0 aliphatic carbocycles. The van der Waals surface area contributed by atoms with Gasteiger partial charge in [-0.3, -0.25) is 19.2 Å². The van der Waals surface area contributed by atoms with E-state index in [9.17, 15) is 19.2 Å². The SMILES string of the molecule is CC(CCCN)CNCCC(=O)OCCCCOC(=O)CCN(CCCCCO)CCC(=O)OCCCCOC(=O)CCNCC(C)CCCN. The van der Waals surface area contributed by atoms with E-state index in [0.717, 1.165) is 51.6 Å². The predicted octanol–water partition coefficient (Wildman–Crippen LogP) is 2.67. The summed E-state index contributed by atoms with van der Waals surface area (Å²) in [6.45, 7) is 11.4. The highest BCUT2D eigenvalue weighted by Gasteiger charge is 2.13. The lowest BCUT2D eigenvalue weighted by Gasteiger charge is -2.21. The number of ether oxygens (including phenoxy) is 4. The zero-order valence-corrected chi connectivity index (χ0v) is 32.0. The molecule has 2 atom stereocenters. The minimum Gasteiger partial charge on any atom is -0.466 e. The third kappa shape index (κ3) is 34.5. The van der Waals surface area contributed by atoms with Gasteiger partial charge in [0.1, 0.15) is 0 Å². The molecule has 0 saturated heterocycles. The minimum atomic E-state index is -0.313. The smallest absolute Gasteiger partial charge is 0.307 e. The lowest BCUT2D eigenvalue weighted by molar-refractivity contribution is -0.147. The van der Waals surface area contributed by atoms with E-state index in [-0.39, 0.29) is 56.5 Å². The number of carbonyl (C=O) groups is 4. The van der Waals surface area contributed by atoms with Crippen LogP contribution in [0.25, 0.3) is 0 Å². The zero-order chi connectivity index (χ0) is 37.8. The molecule has 0 fully saturated rings. The summed E-state index contributed by atoms with van der Waals surface area (Å²) in [5, 5.41) is 15.6. The number of hydrogen-bond donors (Lipinski definition) is 5. The first-order valence-corrected chi connectivity index (χ1v) is 19.5. The van der Waals surface area contributed by atoms with Crippen LogP contribution in [0.1, 0.15) is 110 Å². The van der Waals surface area contributed by atoms with E-state index < -0.39 is 0 Å². The zero-order valence-electron chi connectivity index (χ0n) is 32.0. The number of rotatable bonds is 37. The Hall–Kier alpha value is -2.36. The Kier molecular flexibility index (Phi) is 34.4. The molecule has 0 aliphatic rings. The third-order valence-corrected chi connectivity index (χ3v) is 8.33. The highest BCUT2D eigenvalue weighted by molar-refractivity contribution is 5.70. The van der Waals surface area contributed by atoms with Gasteiger partial charge in [0.2, 0.25) is 0 Å². The molecule has 14 heteroatoms. The summed E-state index contributed by atoms with van der Waals surface area (Å²) in [5.74, 6) is -0.0650. The molecule has 7 N–H and O–H groups in total. The predicted molar refractivity (Wildman–Crippen MR) is 199 cm³/mol. The lowest BCUT2D eigenvalue weighted by atomic mass is 10.1. The Labute approximate surface area is 307 Å². The summed E-state index contributed by atoms with van der Waals surface area (Å²) in [6, 6.07) is 0. The number of unbranched alkanes of at least 4 members (excludes halogenated alkanes) is 4. The van der Waals surface area contributed by atoms with Gasteiger partial charge in [-0.1, -0.05) is 13.8 Å². The van der Waals surface area contributed by atoms with Crippen LogP contribution in [0.2, 0.25) is 0 Å². The maximum absolute atomic E-state index is 12.3. The fraction of sp³-hybridized carbons (Fsp3) is 0.892. The normalized spacial score (nSPS) is 12.4. The molecule has 0 radical (unpaired) electrons. The first-order valence-electron chi connectivity index (χ1n) is 19.5. The first kappa shape index (κ1) is 48.6. The Morgan fingerprint density at radius 2 is 0.941 bits per heavy atom. The van der Waals surface area contributed by atoms with Crippen LogP contribution >= 0.6 is 0 Å². The summed E-state index contributed by atoms with van der Waals surface area (Å²) < 4.78 is 21.2. The van der Waals surface area contributed by atoms with E-state index in [4.69, 9.17) is 35.5 Å². The van der Waals surface area contributed by atoms with Gasteiger partial charge in [-0.2, -0.15) is 0 Å². The van der Waals surface area contributed by atoms with Crippen LogP contribution < -0.4 is 22.1 Å². The molecule has 0 aromatic rings. The van der Waals surface area contributed by atoms with Gasteiger partial charge in [-0.25, -0.2) is 0 Å². The second kappa shape index (κ2) is 36.0. The molecule has 0 aliphatic heterocycles. The van der Waals surface area contributed by atoms with Gasteiger partial charge in [0.25, 0.3) is 0 Å². The highest BCUT2D eigenvalue weighted by atomic mass is 16.5. The average Bonchev–Trinajstić information content (AvgIpc) is 3.12. The molecule has 0 heterocycles. The molecule has 0 amide bonds. The van der Waals surface area contributed by atoms with Gasteiger partial charge in [-0.15, -0.1) is 0 Å². The molecule has 0 rings (SSSR count). The number of aliphatic hydroxyl groups excluding tert-OH is 1. The molecule has 0 saturated carbocycles. The molecule has 2 unspecified atom stereocenters. The summed E-state index contributed by atoms with van der Waals surface area (Å²) in [6.07, 6.45) is 10.0. The molecular formula is C37H73N5O9. The van der Waals surface area contributed by atoms with Crippen molar-refractivity contribution in [2.24, 2.45) is 23.3 Å². The minimum absolute atomic E-state index is 0.135. The van der Waals surface area contributed by atoms with Gasteiger partial charge < -0.3 is 51.1 Å². The van der Waals surface area contributed by atoms with Crippen molar-refractivity contribution in [2.75, 3.05) is 91.9 Å². The quantitative estimate of drug-likeness (QED) is 0.0354. The standard InChI is InChI=1S/C37H73N5O9/c1-32(12-10-18-38)30-40-20-14-34(44)48-26-6-8-28-50-36(46)16-23-42(22-4-3-5-25-43)24-17-37(47)51-29-9-7-27-49-35(45)15-21-41-31-33(2)13-11-19-39/h32-33,40-41,43H,3-31,38-39H2,1-2H3. The van der Waals surface area contributed by atoms with E-state index in [0.29, 0.717) is 116 Å². The Bertz CT molecular complexity index is 806.